The van der Waals surface area contributed by atoms with Gasteiger partial charge >= 0.3 is 0 Å². The first-order valence-electron chi connectivity index (χ1n) is 7.53. The molecule has 1 aromatic heterocycles. The van der Waals surface area contributed by atoms with Gasteiger partial charge in [-0.25, -0.2) is 8.78 Å². The van der Waals surface area contributed by atoms with E-state index in [1.807, 2.05) is 18.2 Å². The van der Waals surface area contributed by atoms with E-state index in [9.17, 15) is 8.78 Å². The molecule has 116 valence electrons. The van der Waals surface area contributed by atoms with Crippen molar-refractivity contribution >= 4 is 0 Å². The second-order valence-electron chi connectivity index (χ2n) is 5.49. The van der Waals surface area contributed by atoms with Crippen LogP contribution >= 0.6 is 0 Å². The van der Waals surface area contributed by atoms with Crippen molar-refractivity contribution in [3.8, 4) is 0 Å². The summed E-state index contributed by atoms with van der Waals surface area (Å²) in [6, 6.07) is 9.45. The molecule has 22 heavy (non-hydrogen) atoms. The number of pyridine rings is 1. The average molecular weight is 303 g/mol. The molecule has 1 aromatic carbocycles. The molecule has 0 radical (unpaired) electrons. The monoisotopic (exact) mass is 303 g/mol. The number of benzene rings is 1. The van der Waals surface area contributed by atoms with Gasteiger partial charge in [-0.15, -0.1) is 0 Å². The maximum atomic E-state index is 14.3. The molecule has 0 bridgehead atoms. The van der Waals surface area contributed by atoms with Crippen LogP contribution in [0.5, 0.6) is 0 Å². The predicted molar refractivity (Wildman–Crippen MR) is 81.5 cm³/mol. The van der Waals surface area contributed by atoms with E-state index >= 15 is 0 Å². The van der Waals surface area contributed by atoms with Crippen molar-refractivity contribution in [2.75, 3.05) is 26.2 Å². The van der Waals surface area contributed by atoms with Crippen LogP contribution in [0.2, 0.25) is 0 Å². The summed E-state index contributed by atoms with van der Waals surface area (Å²) in [5, 5.41) is 3.30. The molecule has 1 unspecified atom stereocenters. The molecule has 1 atom stereocenters. The van der Waals surface area contributed by atoms with E-state index in [4.69, 9.17) is 0 Å². The van der Waals surface area contributed by atoms with Gasteiger partial charge in [-0.2, -0.15) is 0 Å². The summed E-state index contributed by atoms with van der Waals surface area (Å²) in [6.45, 7) is 3.44. The van der Waals surface area contributed by atoms with E-state index < -0.39 is 11.6 Å². The lowest BCUT2D eigenvalue weighted by atomic mass is 9.98. The van der Waals surface area contributed by atoms with Crippen LogP contribution in [0.15, 0.2) is 42.6 Å². The van der Waals surface area contributed by atoms with Gasteiger partial charge in [0.15, 0.2) is 0 Å². The summed E-state index contributed by atoms with van der Waals surface area (Å²) in [7, 11) is 0. The van der Waals surface area contributed by atoms with Gasteiger partial charge in [-0.1, -0.05) is 12.1 Å². The summed E-state index contributed by atoms with van der Waals surface area (Å²) in [4.78, 5) is 6.58. The summed E-state index contributed by atoms with van der Waals surface area (Å²) < 4.78 is 27.5. The van der Waals surface area contributed by atoms with Crippen molar-refractivity contribution < 1.29 is 8.78 Å². The van der Waals surface area contributed by atoms with Crippen molar-refractivity contribution in [1.82, 2.24) is 15.2 Å². The van der Waals surface area contributed by atoms with E-state index in [2.05, 4.69) is 15.2 Å². The fourth-order valence-electron chi connectivity index (χ4n) is 2.92. The second-order valence-corrected chi connectivity index (χ2v) is 5.49. The Bertz CT molecular complexity index is 613. The Hall–Kier alpha value is -1.85. The first-order valence-corrected chi connectivity index (χ1v) is 7.53. The minimum absolute atomic E-state index is 0.127. The van der Waals surface area contributed by atoms with Gasteiger partial charge in [0.1, 0.15) is 11.6 Å². The zero-order chi connectivity index (χ0) is 15.4. The molecule has 1 saturated heterocycles. The maximum Gasteiger partial charge on any atom is 0.130 e. The fraction of sp³-hybridized carbons (Fsp3) is 0.353. The van der Waals surface area contributed by atoms with Gasteiger partial charge in [-0.05, 0) is 18.2 Å². The topological polar surface area (TPSA) is 28.2 Å². The molecule has 1 aliphatic heterocycles. The molecular weight excluding hydrogens is 284 g/mol. The van der Waals surface area contributed by atoms with E-state index in [0.717, 1.165) is 37.9 Å². The molecule has 2 aromatic rings. The lowest BCUT2D eigenvalue weighted by molar-refractivity contribution is 0.168. The minimum Gasteiger partial charge on any atom is -0.314 e. The molecule has 0 spiro atoms. The lowest BCUT2D eigenvalue weighted by Gasteiger charge is -2.35. The Balaban J connectivity index is 1.91. The Labute approximate surface area is 129 Å². The van der Waals surface area contributed by atoms with E-state index in [1.54, 1.807) is 12.3 Å². The number of rotatable bonds is 4. The third kappa shape index (κ3) is 3.48. The Morgan fingerprint density at radius 1 is 1.14 bits per heavy atom. The number of nitrogens with zero attached hydrogens (tertiary/aromatic N) is 2. The SMILES string of the molecule is Fc1ccc(C(Cc2ccccn2)N2CCNCC2)c(F)c1. The molecule has 3 rings (SSSR count). The summed E-state index contributed by atoms with van der Waals surface area (Å²) in [6.07, 6.45) is 2.36. The third-order valence-corrected chi connectivity index (χ3v) is 4.04. The number of nitrogens with one attached hydrogen (secondary N) is 1. The molecule has 0 amide bonds. The summed E-state index contributed by atoms with van der Waals surface area (Å²) in [5.41, 5.74) is 1.45. The van der Waals surface area contributed by atoms with Crippen LogP contribution in [0.25, 0.3) is 0 Å². The summed E-state index contributed by atoms with van der Waals surface area (Å²) in [5.74, 6) is -1.03. The fourth-order valence-corrected chi connectivity index (χ4v) is 2.92. The molecule has 1 aliphatic rings. The normalized spacial score (nSPS) is 17.4. The van der Waals surface area contributed by atoms with Gasteiger partial charge in [0.25, 0.3) is 0 Å². The highest BCUT2D eigenvalue weighted by Crippen LogP contribution is 2.27. The lowest BCUT2D eigenvalue weighted by Crippen LogP contribution is -2.45. The van der Waals surface area contributed by atoms with Crippen molar-refractivity contribution in [3.05, 3.63) is 65.5 Å². The molecule has 1 N–H and O–H groups in total. The quantitative estimate of drug-likeness (QED) is 0.941. The number of halogens is 2. The van der Waals surface area contributed by atoms with Gasteiger partial charge < -0.3 is 5.32 Å². The van der Waals surface area contributed by atoms with E-state index in [0.29, 0.717) is 12.0 Å². The van der Waals surface area contributed by atoms with Crippen LogP contribution in [0.3, 0.4) is 0 Å². The predicted octanol–water partition coefficient (Wildman–Crippen LogP) is 2.55. The zero-order valence-corrected chi connectivity index (χ0v) is 12.3. The van der Waals surface area contributed by atoms with Crippen molar-refractivity contribution in [2.45, 2.75) is 12.5 Å². The molecule has 3 nitrogen and oxygen atoms in total. The van der Waals surface area contributed by atoms with Crippen molar-refractivity contribution in [3.63, 3.8) is 0 Å². The number of piperazine rings is 1. The molecule has 0 saturated carbocycles. The van der Waals surface area contributed by atoms with Gasteiger partial charge in [0.05, 0.1) is 0 Å². The Morgan fingerprint density at radius 2 is 1.95 bits per heavy atom. The van der Waals surface area contributed by atoms with Crippen molar-refractivity contribution in [1.29, 1.82) is 0 Å². The average Bonchev–Trinajstić information content (AvgIpc) is 2.55. The molecule has 5 heteroatoms. The number of hydrogen-bond acceptors (Lipinski definition) is 3. The zero-order valence-electron chi connectivity index (χ0n) is 12.3. The highest BCUT2D eigenvalue weighted by atomic mass is 19.1. The maximum absolute atomic E-state index is 14.3. The van der Waals surface area contributed by atoms with Crippen LogP contribution in [-0.4, -0.2) is 36.1 Å². The molecule has 0 aliphatic carbocycles. The molecule has 1 fully saturated rings. The van der Waals surface area contributed by atoms with Crippen LogP contribution in [0, 0.1) is 11.6 Å². The first kappa shape index (κ1) is 15.1. The highest BCUT2D eigenvalue weighted by Gasteiger charge is 2.25. The first-order chi connectivity index (χ1) is 10.7. The van der Waals surface area contributed by atoms with Gasteiger partial charge in [-0.3, -0.25) is 9.88 Å². The smallest absolute Gasteiger partial charge is 0.130 e. The van der Waals surface area contributed by atoms with Crippen LogP contribution in [-0.2, 0) is 6.42 Å². The van der Waals surface area contributed by atoms with Crippen LogP contribution in [0.4, 0.5) is 8.78 Å². The van der Waals surface area contributed by atoms with Crippen molar-refractivity contribution in [2.24, 2.45) is 0 Å². The number of hydrogen-bond donors (Lipinski definition) is 1. The summed E-state index contributed by atoms with van der Waals surface area (Å²) >= 11 is 0. The second kappa shape index (κ2) is 6.94. The molecular formula is C17H19F2N3. The Kier molecular flexibility index (Phi) is 4.75. The third-order valence-electron chi connectivity index (χ3n) is 4.04. The van der Waals surface area contributed by atoms with Gasteiger partial charge in [0, 0.05) is 62.2 Å². The minimum atomic E-state index is -0.543. The van der Waals surface area contributed by atoms with Gasteiger partial charge in [0.2, 0.25) is 0 Å². The Morgan fingerprint density at radius 3 is 2.64 bits per heavy atom. The number of aromatic nitrogens is 1. The van der Waals surface area contributed by atoms with E-state index in [-0.39, 0.29) is 6.04 Å². The standard InChI is InChI=1S/C17H19F2N3/c18-13-4-5-15(16(19)11-13)17(22-9-7-20-8-10-22)12-14-3-1-2-6-21-14/h1-6,11,17,20H,7-10,12H2. The largest absolute Gasteiger partial charge is 0.314 e. The van der Waals surface area contributed by atoms with Crippen LogP contribution < -0.4 is 5.32 Å². The van der Waals surface area contributed by atoms with E-state index in [1.165, 1.54) is 6.07 Å². The molecule has 2 heterocycles. The van der Waals surface area contributed by atoms with Crippen LogP contribution in [0.1, 0.15) is 17.3 Å². The highest BCUT2D eigenvalue weighted by molar-refractivity contribution is 5.24.